The molecule has 260 valence electrons. The van der Waals surface area contributed by atoms with Crippen molar-refractivity contribution in [2.75, 3.05) is 27.7 Å². The Bertz CT molecular complexity index is 1460. The number of likely N-dealkylation sites (N-methyl/N-ethyl adjacent to an activating group) is 1. The van der Waals surface area contributed by atoms with E-state index in [0.29, 0.717) is 29.9 Å². The molecule has 4 rings (SSSR count). The van der Waals surface area contributed by atoms with Gasteiger partial charge in [-0.25, -0.2) is 0 Å². The minimum Gasteiger partial charge on any atom is -0.496 e. The van der Waals surface area contributed by atoms with Crippen LogP contribution in [0.1, 0.15) is 58.1 Å². The highest BCUT2D eigenvalue weighted by molar-refractivity contribution is 5.96. The lowest BCUT2D eigenvalue weighted by Crippen LogP contribution is -2.61. The molecule has 0 spiro atoms. The first kappa shape index (κ1) is 36.5. The van der Waals surface area contributed by atoms with E-state index in [4.69, 9.17) is 9.47 Å². The number of benzene rings is 2. The van der Waals surface area contributed by atoms with Crippen molar-refractivity contribution >= 4 is 29.7 Å². The average Bonchev–Trinajstić information content (AvgIpc) is 3.49. The molecule has 3 N–H and O–H groups in total. The second kappa shape index (κ2) is 16.6. The van der Waals surface area contributed by atoms with E-state index < -0.39 is 36.2 Å². The van der Waals surface area contributed by atoms with E-state index >= 15 is 0 Å². The summed E-state index contributed by atoms with van der Waals surface area (Å²) >= 11 is 0. The van der Waals surface area contributed by atoms with Crippen molar-refractivity contribution in [3.05, 3.63) is 65.9 Å². The maximum atomic E-state index is 14.6. The van der Waals surface area contributed by atoms with Crippen molar-refractivity contribution in [3.63, 3.8) is 0 Å². The highest BCUT2D eigenvalue weighted by Gasteiger charge is 2.47. The molecular weight excluding hydrogens is 610 g/mol. The minimum atomic E-state index is -1.05. The molecule has 11 heteroatoms. The smallest absolute Gasteiger partial charge is 0.247 e. The zero-order chi connectivity index (χ0) is 35.0. The normalized spacial score (nSPS) is 22.7. The molecule has 2 heterocycles. The lowest BCUT2D eigenvalue weighted by molar-refractivity contribution is -0.144. The summed E-state index contributed by atoms with van der Waals surface area (Å²) < 4.78 is 12.0. The molecule has 2 aliphatic rings. The van der Waals surface area contributed by atoms with Gasteiger partial charge in [0.15, 0.2) is 0 Å². The van der Waals surface area contributed by atoms with Gasteiger partial charge in [0.25, 0.3) is 0 Å². The zero-order valence-electron chi connectivity index (χ0n) is 29.2. The largest absolute Gasteiger partial charge is 0.496 e. The molecule has 4 amide bonds. The Balaban J connectivity index is 1.73. The van der Waals surface area contributed by atoms with Crippen molar-refractivity contribution in [3.8, 4) is 11.5 Å². The van der Waals surface area contributed by atoms with Crippen molar-refractivity contribution in [1.29, 1.82) is 0 Å². The van der Waals surface area contributed by atoms with Crippen LogP contribution in [0, 0.1) is 11.8 Å². The van der Waals surface area contributed by atoms with Gasteiger partial charge in [0.1, 0.15) is 35.7 Å². The fraction of sp³-hybridized carbons (Fsp3) is 0.514. The molecule has 2 bridgehead atoms. The van der Waals surface area contributed by atoms with Crippen molar-refractivity contribution in [1.82, 2.24) is 25.8 Å². The van der Waals surface area contributed by atoms with Gasteiger partial charge in [0.05, 0.1) is 13.2 Å². The molecule has 2 aromatic rings. The number of ether oxygens (including phenoxy) is 2. The average molecular weight is 662 g/mol. The van der Waals surface area contributed by atoms with Gasteiger partial charge in [0, 0.05) is 31.1 Å². The number of carbonyl (C=O) groups is 4. The summed E-state index contributed by atoms with van der Waals surface area (Å²) in [7, 11) is 5.27. The first-order chi connectivity index (χ1) is 23.0. The van der Waals surface area contributed by atoms with E-state index in [1.807, 2.05) is 77.0 Å². The van der Waals surface area contributed by atoms with Crippen LogP contribution in [0.15, 0.2) is 54.7 Å². The number of rotatable bonds is 11. The Kier molecular flexibility index (Phi) is 12.6. The Morgan fingerprint density at radius 2 is 1.79 bits per heavy atom. The Morgan fingerprint density at radius 3 is 2.44 bits per heavy atom. The molecule has 0 unspecified atom stereocenters. The molecule has 2 aromatic carbocycles. The van der Waals surface area contributed by atoms with Gasteiger partial charge >= 0.3 is 0 Å². The highest BCUT2D eigenvalue weighted by atomic mass is 16.5. The van der Waals surface area contributed by atoms with Gasteiger partial charge in [-0.1, -0.05) is 70.9 Å². The second-order valence-electron chi connectivity index (χ2n) is 13.1. The molecule has 0 aromatic heterocycles. The van der Waals surface area contributed by atoms with Gasteiger partial charge in [-0.3, -0.25) is 24.1 Å². The van der Waals surface area contributed by atoms with Crippen LogP contribution in [0.3, 0.4) is 0 Å². The third-order valence-electron chi connectivity index (χ3n) is 9.57. The molecule has 0 aliphatic carbocycles. The molecule has 0 radical (unpaired) electrons. The summed E-state index contributed by atoms with van der Waals surface area (Å²) in [5.74, 6) is -0.555. The van der Waals surface area contributed by atoms with E-state index in [0.717, 1.165) is 12.0 Å². The van der Waals surface area contributed by atoms with Crippen LogP contribution in [0.5, 0.6) is 11.5 Å². The van der Waals surface area contributed by atoms with Crippen LogP contribution in [0.25, 0.3) is 6.08 Å². The molecule has 11 nitrogen and oxygen atoms in total. The number of carbonyl (C=O) groups excluding carboxylic acids is 4. The molecule has 2 aliphatic heterocycles. The number of nitrogens with one attached hydrogen (secondary N) is 3. The Labute approximate surface area is 284 Å². The number of fused-ring (bicyclic) bond motifs is 3. The minimum absolute atomic E-state index is 0.0470. The van der Waals surface area contributed by atoms with E-state index in [-0.39, 0.29) is 42.5 Å². The van der Waals surface area contributed by atoms with Gasteiger partial charge in [-0.05, 0) is 55.8 Å². The number of methoxy groups -OCH3 is 1. The predicted molar refractivity (Wildman–Crippen MR) is 185 cm³/mol. The van der Waals surface area contributed by atoms with E-state index in [9.17, 15) is 19.2 Å². The monoisotopic (exact) mass is 661 g/mol. The van der Waals surface area contributed by atoms with Crippen molar-refractivity contribution < 1.29 is 28.7 Å². The molecule has 1 fully saturated rings. The molecule has 7 atom stereocenters. The van der Waals surface area contributed by atoms with Gasteiger partial charge in [-0.2, -0.15) is 0 Å². The third-order valence-corrected chi connectivity index (χ3v) is 9.57. The summed E-state index contributed by atoms with van der Waals surface area (Å²) in [6.07, 6.45) is 4.58. The summed E-state index contributed by atoms with van der Waals surface area (Å²) in [6, 6.07) is 11.5. The number of likely N-dealkylation sites (tertiary alicyclic amines) is 1. The molecule has 1 saturated heterocycles. The van der Waals surface area contributed by atoms with E-state index in [1.165, 1.54) is 11.1 Å². The number of hydrogen-bond donors (Lipinski definition) is 3. The Morgan fingerprint density at radius 1 is 1.06 bits per heavy atom. The second-order valence-corrected chi connectivity index (χ2v) is 13.1. The first-order valence-corrected chi connectivity index (χ1v) is 16.9. The summed E-state index contributed by atoms with van der Waals surface area (Å²) in [4.78, 5) is 59.4. The SMILES string of the molecule is CC[C@H](C)[C@@H]1NC(=O)[C@@H]2[C@H](CCN2C(=O)[C@H](Cc2ccccc2)NC(=O)[C@H]([C@@H](C)CC)N(C)C)Oc2ccc(OC)c(c2)/C=C\NC1=O. The highest BCUT2D eigenvalue weighted by Crippen LogP contribution is 2.30. The summed E-state index contributed by atoms with van der Waals surface area (Å²) in [5.41, 5.74) is 1.55. The molecular formula is C37H51N5O6. The van der Waals surface area contributed by atoms with Crippen LogP contribution < -0.4 is 25.4 Å². The number of amides is 4. The van der Waals surface area contributed by atoms with Crippen LogP contribution in [-0.2, 0) is 25.6 Å². The third kappa shape index (κ3) is 8.55. The zero-order valence-corrected chi connectivity index (χ0v) is 29.2. The fourth-order valence-corrected chi connectivity index (χ4v) is 6.51. The van der Waals surface area contributed by atoms with Crippen molar-refractivity contribution in [2.24, 2.45) is 11.8 Å². The quantitative estimate of drug-likeness (QED) is 0.337. The lowest BCUT2D eigenvalue weighted by Gasteiger charge is -2.34. The standard InChI is InChI=1S/C37H51N5O6/c1-8-23(3)31-34(43)38-19-17-26-22-27(15-16-29(26)47-7)48-30-18-20-42(33(30)36(45)40-31)37(46)28(21-25-13-11-10-12-14-25)39-35(44)32(41(5)6)24(4)9-2/h10-17,19,22-24,28,30-33H,8-9,18,20-21H2,1-7H3,(H,38,43)(H,39,44)(H,40,45)/b19-17-/t23-,24-,28-,30-,31-,32-,33-/m0/s1. The Hall–Kier alpha value is -4.38. The van der Waals surface area contributed by atoms with Crippen LogP contribution in [-0.4, -0.2) is 91.4 Å². The van der Waals surface area contributed by atoms with E-state index in [1.54, 1.807) is 31.4 Å². The van der Waals surface area contributed by atoms with Crippen LogP contribution in [0.4, 0.5) is 0 Å². The first-order valence-electron chi connectivity index (χ1n) is 16.9. The maximum absolute atomic E-state index is 14.6. The lowest BCUT2D eigenvalue weighted by atomic mass is 9.96. The molecule has 48 heavy (non-hydrogen) atoms. The van der Waals surface area contributed by atoms with Crippen LogP contribution >= 0.6 is 0 Å². The number of nitrogens with zero attached hydrogens (tertiary/aromatic N) is 2. The van der Waals surface area contributed by atoms with Gasteiger partial charge in [0.2, 0.25) is 23.6 Å². The van der Waals surface area contributed by atoms with Gasteiger partial charge in [-0.15, -0.1) is 0 Å². The molecule has 0 saturated carbocycles. The topological polar surface area (TPSA) is 129 Å². The summed E-state index contributed by atoms with van der Waals surface area (Å²) in [6.45, 7) is 8.13. The van der Waals surface area contributed by atoms with Gasteiger partial charge < -0.3 is 30.3 Å². The van der Waals surface area contributed by atoms with E-state index in [2.05, 4.69) is 16.0 Å². The van der Waals surface area contributed by atoms with Crippen molar-refractivity contribution in [2.45, 2.75) is 83.6 Å². The number of hydrogen-bond acceptors (Lipinski definition) is 7. The predicted octanol–water partition coefficient (Wildman–Crippen LogP) is 3.38. The maximum Gasteiger partial charge on any atom is 0.247 e. The summed E-state index contributed by atoms with van der Waals surface area (Å²) in [5, 5.41) is 8.80. The van der Waals surface area contributed by atoms with Crippen LogP contribution in [0.2, 0.25) is 0 Å². The fourth-order valence-electron chi connectivity index (χ4n) is 6.51.